The Kier molecular flexibility index (Phi) is 5.06. The van der Waals surface area contributed by atoms with E-state index < -0.39 is 17.7 Å². The molecule has 26 heavy (non-hydrogen) atoms. The Labute approximate surface area is 149 Å². The maximum Gasteiger partial charge on any atom is 0.259 e. The first-order valence-corrected chi connectivity index (χ1v) is 8.33. The molecule has 1 aromatic carbocycles. The van der Waals surface area contributed by atoms with Gasteiger partial charge >= 0.3 is 0 Å². The van der Waals surface area contributed by atoms with Gasteiger partial charge in [-0.2, -0.15) is 9.49 Å². The van der Waals surface area contributed by atoms with Crippen molar-refractivity contribution in [1.82, 2.24) is 14.8 Å². The highest BCUT2D eigenvalue weighted by Crippen LogP contribution is 2.25. The molecular weight excluding hydrogens is 338 g/mol. The number of carbonyl (C=O) groups is 1. The Balaban J connectivity index is 1.87. The molecule has 0 radical (unpaired) electrons. The number of rotatable bonds is 5. The van der Waals surface area contributed by atoms with Crippen molar-refractivity contribution in [2.24, 2.45) is 0 Å². The minimum Gasteiger partial charge on any atom is -0.306 e. The monoisotopic (exact) mass is 356 g/mol. The van der Waals surface area contributed by atoms with Crippen molar-refractivity contribution in [3.63, 3.8) is 0 Å². The molecule has 0 saturated heterocycles. The minimum absolute atomic E-state index is 0.0118. The SMILES string of the molecule is CCc1cc(-c2ccc(NC(=O)c3ccccc3F)nc2F)n(CC)n1. The second kappa shape index (κ2) is 7.43. The van der Waals surface area contributed by atoms with Gasteiger partial charge in [-0.05, 0) is 43.7 Å². The van der Waals surface area contributed by atoms with E-state index in [0.29, 0.717) is 17.8 Å². The molecule has 5 nitrogen and oxygen atoms in total. The molecule has 2 aromatic heterocycles. The third-order valence-corrected chi connectivity index (χ3v) is 3.98. The van der Waals surface area contributed by atoms with Gasteiger partial charge in [0.05, 0.1) is 22.5 Å². The normalized spacial score (nSPS) is 10.8. The highest BCUT2D eigenvalue weighted by Gasteiger charge is 2.16. The maximum atomic E-state index is 14.5. The molecule has 3 rings (SSSR count). The second-order valence-electron chi connectivity index (χ2n) is 5.66. The summed E-state index contributed by atoms with van der Waals surface area (Å²) in [6.45, 7) is 4.49. The van der Waals surface area contributed by atoms with Crippen molar-refractivity contribution >= 4 is 11.7 Å². The van der Waals surface area contributed by atoms with Crippen LogP contribution in [0.1, 0.15) is 29.9 Å². The number of amides is 1. The Bertz CT molecular complexity index is 952. The van der Waals surface area contributed by atoms with Gasteiger partial charge in [-0.3, -0.25) is 9.48 Å². The van der Waals surface area contributed by atoms with E-state index in [4.69, 9.17) is 0 Å². The Morgan fingerprint density at radius 1 is 1.15 bits per heavy atom. The number of aryl methyl sites for hydroxylation is 2. The number of pyridine rings is 1. The number of nitrogens with zero attached hydrogens (tertiary/aromatic N) is 3. The first-order valence-electron chi connectivity index (χ1n) is 8.33. The molecule has 3 aromatic rings. The fourth-order valence-corrected chi connectivity index (χ4v) is 2.62. The molecule has 2 heterocycles. The van der Waals surface area contributed by atoms with Gasteiger partial charge in [-0.1, -0.05) is 19.1 Å². The van der Waals surface area contributed by atoms with Gasteiger partial charge in [-0.15, -0.1) is 0 Å². The van der Waals surface area contributed by atoms with Crippen molar-refractivity contribution in [3.8, 4) is 11.3 Å². The number of carbonyl (C=O) groups excluding carboxylic acids is 1. The first-order chi connectivity index (χ1) is 12.5. The lowest BCUT2D eigenvalue weighted by Crippen LogP contribution is -2.15. The molecule has 1 amide bonds. The Morgan fingerprint density at radius 3 is 2.58 bits per heavy atom. The standard InChI is InChI=1S/C19H18F2N4O/c1-3-12-11-16(25(4-2)24-12)14-9-10-17(22-18(14)21)23-19(26)13-7-5-6-8-15(13)20/h5-11H,3-4H2,1-2H3,(H,22,23,26). The molecule has 0 bridgehead atoms. The zero-order chi connectivity index (χ0) is 18.7. The second-order valence-corrected chi connectivity index (χ2v) is 5.66. The molecule has 0 aliphatic carbocycles. The van der Waals surface area contributed by atoms with Crippen LogP contribution in [0.15, 0.2) is 42.5 Å². The van der Waals surface area contributed by atoms with Crippen LogP contribution in [0.4, 0.5) is 14.6 Å². The number of benzene rings is 1. The topological polar surface area (TPSA) is 59.8 Å². The fourth-order valence-electron chi connectivity index (χ4n) is 2.62. The summed E-state index contributed by atoms with van der Waals surface area (Å²) >= 11 is 0. The van der Waals surface area contributed by atoms with Crippen LogP contribution in [0.5, 0.6) is 0 Å². The van der Waals surface area contributed by atoms with Crippen LogP contribution in [-0.2, 0) is 13.0 Å². The van der Waals surface area contributed by atoms with E-state index in [1.54, 1.807) is 10.7 Å². The predicted octanol–water partition coefficient (Wildman–Crippen LogP) is 4.06. The third-order valence-electron chi connectivity index (χ3n) is 3.98. The van der Waals surface area contributed by atoms with Crippen LogP contribution in [0.3, 0.4) is 0 Å². The molecule has 0 aliphatic heterocycles. The van der Waals surface area contributed by atoms with Gasteiger partial charge in [0.25, 0.3) is 5.91 Å². The van der Waals surface area contributed by atoms with Gasteiger partial charge in [0.1, 0.15) is 11.6 Å². The van der Waals surface area contributed by atoms with Gasteiger partial charge in [0.2, 0.25) is 5.95 Å². The van der Waals surface area contributed by atoms with Gasteiger partial charge in [0.15, 0.2) is 0 Å². The van der Waals surface area contributed by atoms with Crippen molar-refractivity contribution in [1.29, 1.82) is 0 Å². The summed E-state index contributed by atoms with van der Waals surface area (Å²) in [5, 5.41) is 6.81. The fraction of sp³-hybridized carbons (Fsp3) is 0.211. The molecule has 1 N–H and O–H groups in total. The highest BCUT2D eigenvalue weighted by molar-refractivity contribution is 6.03. The van der Waals surface area contributed by atoms with E-state index >= 15 is 0 Å². The molecule has 7 heteroatoms. The summed E-state index contributed by atoms with van der Waals surface area (Å²) in [4.78, 5) is 15.9. The number of aromatic nitrogens is 3. The maximum absolute atomic E-state index is 14.5. The van der Waals surface area contributed by atoms with Crippen LogP contribution in [0, 0.1) is 11.8 Å². The Morgan fingerprint density at radius 2 is 1.92 bits per heavy atom. The summed E-state index contributed by atoms with van der Waals surface area (Å²) in [7, 11) is 0. The number of halogens is 2. The van der Waals surface area contributed by atoms with Crippen molar-refractivity contribution in [3.05, 3.63) is 65.5 Å². The molecule has 0 unspecified atom stereocenters. The molecule has 0 atom stereocenters. The van der Waals surface area contributed by atoms with E-state index in [0.717, 1.165) is 12.1 Å². The zero-order valence-corrected chi connectivity index (χ0v) is 14.5. The molecular formula is C19H18F2N4O. The van der Waals surface area contributed by atoms with E-state index in [1.807, 2.05) is 19.9 Å². The average molecular weight is 356 g/mol. The number of hydrogen-bond acceptors (Lipinski definition) is 3. The van der Waals surface area contributed by atoms with Crippen molar-refractivity contribution < 1.29 is 13.6 Å². The van der Waals surface area contributed by atoms with E-state index in [-0.39, 0.29) is 11.4 Å². The van der Waals surface area contributed by atoms with Crippen LogP contribution in [0.25, 0.3) is 11.3 Å². The number of anilines is 1. The lowest BCUT2D eigenvalue weighted by molar-refractivity contribution is 0.102. The van der Waals surface area contributed by atoms with Crippen molar-refractivity contribution in [2.45, 2.75) is 26.8 Å². The van der Waals surface area contributed by atoms with Crippen LogP contribution in [-0.4, -0.2) is 20.7 Å². The van der Waals surface area contributed by atoms with E-state index in [9.17, 15) is 13.6 Å². The lowest BCUT2D eigenvalue weighted by atomic mass is 10.1. The first kappa shape index (κ1) is 17.7. The molecule has 0 spiro atoms. The quantitative estimate of drug-likeness (QED) is 0.702. The van der Waals surface area contributed by atoms with Crippen LogP contribution < -0.4 is 5.32 Å². The predicted molar refractivity (Wildman–Crippen MR) is 94.8 cm³/mol. The van der Waals surface area contributed by atoms with E-state index in [1.165, 1.54) is 30.3 Å². The smallest absolute Gasteiger partial charge is 0.259 e. The average Bonchev–Trinajstić information content (AvgIpc) is 3.05. The molecule has 0 aliphatic rings. The Hall–Kier alpha value is -3.09. The number of nitrogens with one attached hydrogen (secondary N) is 1. The third kappa shape index (κ3) is 3.46. The summed E-state index contributed by atoms with van der Waals surface area (Å²) in [6, 6.07) is 10.4. The zero-order valence-electron chi connectivity index (χ0n) is 14.5. The molecule has 0 saturated carbocycles. The molecule has 0 fully saturated rings. The summed E-state index contributed by atoms with van der Waals surface area (Å²) in [5.41, 5.74) is 1.65. The van der Waals surface area contributed by atoms with Crippen LogP contribution >= 0.6 is 0 Å². The largest absolute Gasteiger partial charge is 0.306 e. The van der Waals surface area contributed by atoms with Crippen molar-refractivity contribution in [2.75, 3.05) is 5.32 Å². The minimum atomic E-state index is -0.728. The summed E-state index contributed by atoms with van der Waals surface area (Å²) in [6.07, 6.45) is 0.742. The van der Waals surface area contributed by atoms with Gasteiger partial charge in [0, 0.05) is 6.54 Å². The van der Waals surface area contributed by atoms with Gasteiger partial charge < -0.3 is 5.32 Å². The van der Waals surface area contributed by atoms with E-state index in [2.05, 4.69) is 15.4 Å². The van der Waals surface area contributed by atoms with Crippen LogP contribution in [0.2, 0.25) is 0 Å². The highest BCUT2D eigenvalue weighted by atomic mass is 19.1. The summed E-state index contributed by atoms with van der Waals surface area (Å²) < 4.78 is 29.9. The van der Waals surface area contributed by atoms with Gasteiger partial charge in [-0.25, -0.2) is 9.37 Å². The number of hydrogen-bond donors (Lipinski definition) is 1. The lowest BCUT2D eigenvalue weighted by Gasteiger charge is -2.09. The summed E-state index contributed by atoms with van der Waals surface area (Å²) in [5.74, 6) is -2.05. The molecule has 134 valence electrons.